The predicted molar refractivity (Wildman–Crippen MR) is 119 cm³/mol. The molecule has 4 nitrogen and oxygen atoms in total. The molecule has 168 valence electrons. The van der Waals surface area contributed by atoms with Crippen LogP contribution in [0.4, 0.5) is 18.9 Å². The third kappa shape index (κ3) is 5.60. The van der Waals surface area contributed by atoms with E-state index < -0.39 is 12.1 Å². The average Bonchev–Trinajstić information content (AvgIpc) is 3.61. The minimum absolute atomic E-state index is 0.159. The molecule has 1 aliphatic rings. The zero-order chi connectivity index (χ0) is 23.4. The van der Waals surface area contributed by atoms with Crippen molar-refractivity contribution in [2.24, 2.45) is 0 Å². The lowest BCUT2D eigenvalue weighted by molar-refractivity contribution is -0.170. The van der Waals surface area contributed by atoms with Gasteiger partial charge in [0.2, 0.25) is 0 Å². The van der Waals surface area contributed by atoms with Gasteiger partial charge in [-0.1, -0.05) is 54.6 Å². The number of anilines is 1. The first-order chi connectivity index (χ1) is 15.8. The van der Waals surface area contributed by atoms with Crippen LogP contribution >= 0.6 is 0 Å². The molecule has 2 atom stereocenters. The molecule has 1 aliphatic carbocycles. The number of benzene rings is 3. The maximum atomic E-state index is 13.2. The van der Waals surface area contributed by atoms with Gasteiger partial charge in [-0.3, -0.25) is 4.79 Å². The van der Waals surface area contributed by atoms with E-state index in [2.05, 4.69) is 11.4 Å². The third-order valence-electron chi connectivity index (χ3n) is 5.72. The topological polar surface area (TPSA) is 56.1 Å². The van der Waals surface area contributed by atoms with Crippen LogP contribution < -0.4 is 10.2 Å². The first-order valence-electron chi connectivity index (χ1n) is 10.6. The summed E-state index contributed by atoms with van der Waals surface area (Å²) in [6.07, 6.45) is -4.03. The lowest BCUT2D eigenvalue weighted by atomic mass is 10.1. The summed E-state index contributed by atoms with van der Waals surface area (Å²) in [5.41, 5.74) is 3.48. The van der Waals surface area contributed by atoms with Gasteiger partial charge in [-0.05, 0) is 47.4 Å². The van der Waals surface area contributed by atoms with Crippen LogP contribution in [0.5, 0.6) is 0 Å². The van der Waals surface area contributed by atoms with Gasteiger partial charge in [0, 0.05) is 24.2 Å². The first-order valence-corrected chi connectivity index (χ1v) is 10.6. The van der Waals surface area contributed by atoms with Crippen molar-refractivity contribution in [3.8, 4) is 6.07 Å². The van der Waals surface area contributed by atoms with Crippen LogP contribution in [0.2, 0.25) is 0 Å². The molecule has 0 aromatic heterocycles. The second kappa shape index (κ2) is 9.47. The number of halogens is 3. The fourth-order valence-electron chi connectivity index (χ4n) is 3.89. The van der Waals surface area contributed by atoms with Crippen LogP contribution in [0.25, 0.3) is 0 Å². The summed E-state index contributed by atoms with van der Waals surface area (Å²) in [4.78, 5) is 12.9. The van der Waals surface area contributed by atoms with Gasteiger partial charge < -0.3 is 10.2 Å². The third-order valence-corrected chi connectivity index (χ3v) is 5.72. The molecule has 7 heteroatoms. The van der Waals surface area contributed by atoms with Gasteiger partial charge in [0.05, 0.1) is 18.2 Å². The Balaban J connectivity index is 1.42. The Morgan fingerprint density at radius 3 is 2.36 bits per heavy atom. The van der Waals surface area contributed by atoms with Crippen LogP contribution in [0, 0.1) is 11.3 Å². The van der Waals surface area contributed by atoms with E-state index in [4.69, 9.17) is 5.26 Å². The summed E-state index contributed by atoms with van der Waals surface area (Å²) >= 11 is 0. The highest BCUT2D eigenvalue weighted by atomic mass is 19.4. The van der Waals surface area contributed by atoms with Crippen LogP contribution in [0.1, 0.15) is 34.6 Å². The van der Waals surface area contributed by atoms with Crippen LogP contribution in [-0.4, -0.2) is 18.1 Å². The minimum atomic E-state index is -4.96. The van der Waals surface area contributed by atoms with Gasteiger partial charge in [0.25, 0.3) is 0 Å². The van der Waals surface area contributed by atoms with Crippen LogP contribution in [0.15, 0.2) is 78.9 Å². The summed E-state index contributed by atoms with van der Waals surface area (Å²) < 4.78 is 39.6. The Bertz CT molecular complexity index is 1150. The fourth-order valence-corrected chi connectivity index (χ4v) is 3.89. The number of carbonyl (C=O) groups is 1. The highest BCUT2D eigenvalue weighted by Gasteiger charge is 2.43. The van der Waals surface area contributed by atoms with E-state index in [9.17, 15) is 18.0 Å². The van der Waals surface area contributed by atoms with E-state index in [-0.39, 0.29) is 24.2 Å². The van der Waals surface area contributed by atoms with Crippen molar-refractivity contribution in [1.29, 1.82) is 5.26 Å². The fraction of sp³-hybridized carbons (Fsp3) is 0.231. The summed E-state index contributed by atoms with van der Waals surface area (Å²) in [6.45, 7) is 0.480. The Labute approximate surface area is 190 Å². The molecule has 0 bridgehead atoms. The standard InChI is InChI=1S/C26H22F3N3O/c27-26(28,29)25(33)32(17-18-5-2-1-3-6-18)22-11-9-21(10-12-22)23-14-24(23)31-16-20-8-4-7-19(13-20)15-30/h1-13,23-24,31H,14,16-17H2. The van der Waals surface area contributed by atoms with E-state index in [1.54, 1.807) is 60.7 Å². The van der Waals surface area contributed by atoms with Crippen molar-refractivity contribution < 1.29 is 18.0 Å². The van der Waals surface area contributed by atoms with Crippen molar-refractivity contribution >= 4 is 11.6 Å². The van der Waals surface area contributed by atoms with Gasteiger partial charge in [0.1, 0.15) is 0 Å². The molecule has 0 heterocycles. The largest absolute Gasteiger partial charge is 0.471 e. The quantitative estimate of drug-likeness (QED) is 0.533. The first kappa shape index (κ1) is 22.6. The second-order valence-electron chi connectivity index (χ2n) is 8.11. The molecule has 0 spiro atoms. The van der Waals surface area contributed by atoms with E-state index in [1.165, 1.54) is 0 Å². The highest BCUT2D eigenvalue weighted by Crippen LogP contribution is 2.41. The molecule has 0 saturated heterocycles. The molecule has 0 aliphatic heterocycles. The van der Waals surface area contributed by atoms with Crippen molar-refractivity contribution in [1.82, 2.24) is 5.32 Å². The molecular formula is C26H22F3N3O. The number of amides is 1. The van der Waals surface area contributed by atoms with Gasteiger partial charge >= 0.3 is 12.1 Å². The van der Waals surface area contributed by atoms with Crippen molar-refractivity contribution in [2.75, 3.05) is 4.90 Å². The Morgan fingerprint density at radius 1 is 1.00 bits per heavy atom. The Hall–Kier alpha value is -3.63. The number of hydrogen-bond donors (Lipinski definition) is 1. The Kier molecular flexibility index (Phi) is 6.47. The molecule has 3 aromatic carbocycles. The monoisotopic (exact) mass is 449 g/mol. The molecule has 33 heavy (non-hydrogen) atoms. The number of nitrogens with zero attached hydrogens (tertiary/aromatic N) is 2. The average molecular weight is 449 g/mol. The van der Waals surface area contributed by atoms with Gasteiger partial charge in [-0.2, -0.15) is 18.4 Å². The molecule has 1 fully saturated rings. The molecule has 4 rings (SSSR count). The van der Waals surface area contributed by atoms with Crippen molar-refractivity contribution in [2.45, 2.75) is 37.6 Å². The summed E-state index contributed by atoms with van der Waals surface area (Å²) in [6, 6.07) is 25.1. The molecule has 1 saturated carbocycles. The highest BCUT2D eigenvalue weighted by molar-refractivity contribution is 5.97. The van der Waals surface area contributed by atoms with E-state index >= 15 is 0 Å². The maximum Gasteiger partial charge on any atom is 0.471 e. The smallest absolute Gasteiger partial charge is 0.309 e. The lowest BCUT2D eigenvalue weighted by Gasteiger charge is -2.24. The summed E-state index contributed by atoms with van der Waals surface area (Å²) in [5, 5.41) is 12.5. The van der Waals surface area contributed by atoms with Crippen LogP contribution in [-0.2, 0) is 17.9 Å². The minimum Gasteiger partial charge on any atom is -0.309 e. The zero-order valence-electron chi connectivity index (χ0n) is 17.7. The SMILES string of the molecule is N#Cc1cccc(CNC2CC2c2ccc(N(Cc3ccccc3)C(=O)C(F)(F)F)cc2)c1. The number of nitriles is 1. The maximum absolute atomic E-state index is 13.2. The normalized spacial score (nSPS) is 17.3. The lowest BCUT2D eigenvalue weighted by Crippen LogP contribution is -2.40. The second-order valence-corrected chi connectivity index (χ2v) is 8.11. The van der Waals surface area contributed by atoms with Crippen molar-refractivity contribution in [3.63, 3.8) is 0 Å². The molecule has 0 radical (unpaired) electrons. The number of alkyl halides is 3. The molecule has 2 unspecified atom stereocenters. The van der Waals surface area contributed by atoms with Crippen molar-refractivity contribution in [3.05, 3.63) is 101 Å². The summed E-state index contributed by atoms with van der Waals surface area (Å²) in [7, 11) is 0. The molecule has 3 aromatic rings. The van der Waals surface area contributed by atoms with E-state index in [0.29, 0.717) is 17.7 Å². The van der Waals surface area contributed by atoms with Gasteiger partial charge in [-0.15, -0.1) is 0 Å². The number of carbonyl (C=O) groups excluding carboxylic acids is 1. The number of rotatable bonds is 7. The summed E-state index contributed by atoms with van der Waals surface area (Å²) in [5.74, 6) is -1.62. The van der Waals surface area contributed by atoms with Gasteiger partial charge in [0.15, 0.2) is 0 Å². The number of nitrogens with one attached hydrogen (secondary N) is 1. The van der Waals surface area contributed by atoms with E-state index in [0.717, 1.165) is 22.4 Å². The molecule has 1 N–H and O–H groups in total. The van der Waals surface area contributed by atoms with Gasteiger partial charge in [-0.25, -0.2) is 0 Å². The number of hydrogen-bond acceptors (Lipinski definition) is 3. The molecule has 1 amide bonds. The molecular weight excluding hydrogens is 427 g/mol. The zero-order valence-corrected chi connectivity index (χ0v) is 17.7. The van der Waals surface area contributed by atoms with Crippen LogP contribution in [0.3, 0.4) is 0 Å². The Morgan fingerprint density at radius 2 is 1.70 bits per heavy atom. The van der Waals surface area contributed by atoms with E-state index in [1.807, 2.05) is 18.2 Å². The predicted octanol–water partition coefficient (Wildman–Crippen LogP) is 5.30.